The van der Waals surface area contributed by atoms with Gasteiger partial charge in [-0.1, -0.05) is 36.4 Å². The minimum Gasteiger partial charge on any atom is -0.476 e. The Morgan fingerprint density at radius 3 is 2.48 bits per heavy atom. The maximum atomic E-state index is 13.1. The zero-order valence-corrected chi connectivity index (χ0v) is 14.6. The Morgan fingerprint density at radius 2 is 1.74 bits per heavy atom. The van der Waals surface area contributed by atoms with Gasteiger partial charge in [0.1, 0.15) is 6.04 Å². The van der Waals surface area contributed by atoms with E-state index in [9.17, 15) is 19.5 Å². The number of nitrogens with zero attached hydrogens (tertiary/aromatic N) is 3. The molecule has 7 nitrogen and oxygen atoms in total. The van der Waals surface area contributed by atoms with Gasteiger partial charge >= 0.3 is 5.97 Å². The van der Waals surface area contributed by atoms with Crippen LogP contribution in [-0.4, -0.2) is 33.3 Å². The van der Waals surface area contributed by atoms with Crippen LogP contribution in [0.5, 0.6) is 0 Å². The Morgan fingerprint density at radius 1 is 1.07 bits per heavy atom. The van der Waals surface area contributed by atoms with E-state index in [1.807, 2.05) is 24.3 Å². The van der Waals surface area contributed by atoms with Crippen LogP contribution < -0.4 is 10.5 Å². The third-order valence-electron chi connectivity index (χ3n) is 4.91. The first-order valence-electron chi connectivity index (χ1n) is 8.63. The molecule has 1 aliphatic rings. The lowest BCUT2D eigenvalue weighted by atomic mass is 10.1. The molecule has 0 radical (unpaired) electrons. The topological polar surface area (TPSA) is 92.5 Å². The average molecular weight is 363 g/mol. The van der Waals surface area contributed by atoms with Gasteiger partial charge < -0.3 is 10.0 Å². The second-order valence-corrected chi connectivity index (χ2v) is 6.49. The number of carbonyl (C=O) groups excluding carboxylic acids is 1. The highest BCUT2D eigenvalue weighted by Gasteiger charge is 2.30. The number of benzene rings is 2. The number of hydrogen-bond acceptors (Lipinski definition) is 4. The summed E-state index contributed by atoms with van der Waals surface area (Å²) in [5, 5.41) is 14.0. The van der Waals surface area contributed by atoms with E-state index in [2.05, 4.69) is 5.10 Å². The summed E-state index contributed by atoms with van der Waals surface area (Å²) in [6.45, 7) is 2.09. The van der Waals surface area contributed by atoms with E-state index in [1.165, 1.54) is 0 Å². The third kappa shape index (κ3) is 2.68. The van der Waals surface area contributed by atoms with Crippen molar-refractivity contribution in [3.05, 3.63) is 70.1 Å². The van der Waals surface area contributed by atoms with Crippen molar-refractivity contribution in [2.75, 3.05) is 11.4 Å². The van der Waals surface area contributed by atoms with Gasteiger partial charge in [0.2, 0.25) is 0 Å². The molecule has 2 aromatic carbocycles. The lowest BCUT2D eigenvalue weighted by Gasteiger charge is -2.22. The molecule has 3 aromatic rings. The maximum Gasteiger partial charge on any atom is 0.357 e. The minimum atomic E-state index is -1.24. The second kappa shape index (κ2) is 6.35. The van der Waals surface area contributed by atoms with Crippen LogP contribution in [0, 0.1) is 0 Å². The summed E-state index contributed by atoms with van der Waals surface area (Å²) in [4.78, 5) is 39.1. The monoisotopic (exact) mass is 363 g/mol. The number of hydrogen-bond donors (Lipinski definition) is 1. The zero-order chi connectivity index (χ0) is 19.1. The molecule has 1 aromatic heterocycles. The van der Waals surface area contributed by atoms with Crippen molar-refractivity contribution in [1.82, 2.24) is 9.78 Å². The van der Waals surface area contributed by atoms with E-state index in [1.54, 1.807) is 36.1 Å². The molecule has 0 spiro atoms. The molecule has 0 bridgehead atoms. The molecule has 1 N–H and O–H groups in total. The fourth-order valence-corrected chi connectivity index (χ4v) is 3.52. The zero-order valence-electron chi connectivity index (χ0n) is 14.6. The number of aromatic carboxylic acids is 1. The van der Waals surface area contributed by atoms with Crippen LogP contribution in [0.4, 0.5) is 5.69 Å². The van der Waals surface area contributed by atoms with Gasteiger partial charge in [-0.25, -0.2) is 9.48 Å². The van der Waals surface area contributed by atoms with Crippen LogP contribution >= 0.6 is 0 Å². The summed E-state index contributed by atoms with van der Waals surface area (Å²) in [5.41, 5.74) is 1.17. The van der Waals surface area contributed by atoms with Gasteiger partial charge in [-0.15, -0.1) is 0 Å². The van der Waals surface area contributed by atoms with Crippen LogP contribution in [-0.2, 0) is 11.2 Å². The molecule has 1 amide bonds. The standard InChI is InChI=1S/C20H17N3O4/c1-12(18(24)22-11-10-13-6-2-5-9-16(13)22)23-19(25)15-8-4-3-7-14(15)17(21-23)20(26)27/h2-9,12H,10-11H2,1H3,(H,26,27). The third-order valence-corrected chi connectivity index (χ3v) is 4.91. The Kier molecular flexibility index (Phi) is 3.99. The Balaban J connectivity index is 1.81. The molecule has 27 heavy (non-hydrogen) atoms. The van der Waals surface area contributed by atoms with Gasteiger partial charge in [0.05, 0.1) is 5.39 Å². The fraction of sp³-hybridized carbons (Fsp3) is 0.200. The van der Waals surface area contributed by atoms with Crippen molar-refractivity contribution in [2.45, 2.75) is 19.4 Å². The molecule has 0 saturated carbocycles. The molecule has 7 heteroatoms. The number of carboxylic acid groups (broad SMARTS) is 1. The van der Waals surface area contributed by atoms with Gasteiger partial charge in [-0.3, -0.25) is 9.59 Å². The van der Waals surface area contributed by atoms with Crippen LogP contribution in [0.3, 0.4) is 0 Å². The highest BCUT2D eigenvalue weighted by molar-refractivity contribution is 6.02. The molecular formula is C20H17N3O4. The number of rotatable bonds is 3. The van der Waals surface area contributed by atoms with Gasteiger partial charge in [-0.05, 0) is 31.0 Å². The van der Waals surface area contributed by atoms with Crippen LogP contribution in [0.1, 0.15) is 29.0 Å². The summed E-state index contributed by atoms with van der Waals surface area (Å²) in [7, 11) is 0. The van der Waals surface area contributed by atoms with Crippen molar-refractivity contribution >= 4 is 28.3 Å². The van der Waals surface area contributed by atoms with E-state index in [4.69, 9.17) is 0 Å². The molecule has 0 aliphatic carbocycles. The SMILES string of the molecule is CC(C(=O)N1CCc2ccccc21)n1nc(C(=O)O)c2ccccc2c1=O. The highest BCUT2D eigenvalue weighted by Crippen LogP contribution is 2.29. The van der Waals surface area contributed by atoms with Gasteiger partial charge in [0.25, 0.3) is 11.5 Å². The summed E-state index contributed by atoms with van der Waals surface area (Å²) < 4.78 is 0.981. The van der Waals surface area contributed by atoms with Crippen molar-refractivity contribution in [3.8, 4) is 0 Å². The lowest BCUT2D eigenvalue weighted by Crippen LogP contribution is -2.40. The minimum absolute atomic E-state index is 0.228. The van der Waals surface area contributed by atoms with Crippen LogP contribution in [0.25, 0.3) is 10.8 Å². The molecule has 4 rings (SSSR count). The molecular weight excluding hydrogens is 346 g/mol. The predicted octanol–water partition coefficient (Wildman–Crippen LogP) is 2.25. The van der Waals surface area contributed by atoms with Crippen molar-refractivity contribution < 1.29 is 14.7 Å². The summed E-state index contributed by atoms with van der Waals surface area (Å²) >= 11 is 0. The van der Waals surface area contributed by atoms with Gasteiger partial charge in [0, 0.05) is 17.6 Å². The average Bonchev–Trinajstić information content (AvgIpc) is 3.11. The van der Waals surface area contributed by atoms with Gasteiger partial charge in [-0.2, -0.15) is 5.10 Å². The van der Waals surface area contributed by atoms with E-state index < -0.39 is 17.6 Å². The summed E-state index contributed by atoms with van der Waals surface area (Å²) in [6, 6.07) is 13.1. The van der Waals surface area contributed by atoms with Crippen molar-refractivity contribution in [2.24, 2.45) is 0 Å². The molecule has 2 heterocycles. The molecule has 0 fully saturated rings. The molecule has 136 valence electrons. The van der Waals surface area contributed by atoms with Crippen molar-refractivity contribution in [1.29, 1.82) is 0 Å². The van der Waals surface area contributed by atoms with Gasteiger partial charge in [0.15, 0.2) is 5.69 Å². The smallest absolute Gasteiger partial charge is 0.357 e. The maximum absolute atomic E-state index is 13.1. The Hall–Kier alpha value is -3.48. The van der Waals surface area contributed by atoms with E-state index in [0.29, 0.717) is 6.54 Å². The number of amides is 1. The quantitative estimate of drug-likeness (QED) is 0.770. The largest absolute Gasteiger partial charge is 0.476 e. The lowest BCUT2D eigenvalue weighted by molar-refractivity contribution is -0.121. The number of aromatic nitrogens is 2. The van der Waals surface area contributed by atoms with Crippen LogP contribution in [0.2, 0.25) is 0 Å². The Labute approximate surface area is 154 Å². The first kappa shape index (κ1) is 17.0. The van der Waals surface area contributed by atoms with E-state index in [0.717, 1.165) is 22.4 Å². The normalized spacial score (nSPS) is 14.2. The second-order valence-electron chi connectivity index (χ2n) is 6.49. The Bertz CT molecular complexity index is 1140. The number of fused-ring (bicyclic) bond motifs is 2. The van der Waals surface area contributed by atoms with E-state index >= 15 is 0 Å². The number of carbonyl (C=O) groups is 2. The predicted molar refractivity (Wildman–Crippen MR) is 100 cm³/mol. The molecule has 1 aliphatic heterocycles. The summed E-state index contributed by atoms with van der Waals surface area (Å²) in [6.07, 6.45) is 0.745. The van der Waals surface area contributed by atoms with Crippen molar-refractivity contribution in [3.63, 3.8) is 0 Å². The molecule has 1 atom stereocenters. The van der Waals surface area contributed by atoms with Crippen LogP contribution in [0.15, 0.2) is 53.3 Å². The number of para-hydroxylation sites is 1. The van der Waals surface area contributed by atoms with E-state index in [-0.39, 0.29) is 22.4 Å². The molecule has 1 unspecified atom stereocenters. The fourth-order valence-electron chi connectivity index (χ4n) is 3.52. The number of anilines is 1. The summed E-state index contributed by atoms with van der Waals surface area (Å²) in [5.74, 6) is -1.53. The number of carboxylic acids is 1. The highest BCUT2D eigenvalue weighted by atomic mass is 16.4. The first-order valence-corrected chi connectivity index (χ1v) is 8.63. The first-order chi connectivity index (χ1) is 13.0. The molecule has 0 saturated heterocycles.